The molecule has 1 N–H and O–H groups in total. The molecule has 11 heteroatoms. The molecule has 3 heterocycles. The maximum absolute atomic E-state index is 12.8. The van der Waals surface area contributed by atoms with E-state index in [2.05, 4.69) is 20.2 Å². The number of aromatic nitrogens is 2. The van der Waals surface area contributed by atoms with Crippen LogP contribution in [0.1, 0.15) is 28.4 Å². The highest BCUT2D eigenvalue weighted by molar-refractivity contribution is 7.88. The lowest BCUT2D eigenvalue weighted by molar-refractivity contribution is 0.0383. The van der Waals surface area contributed by atoms with Crippen molar-refractivity contribution in [1.29, 1.82) is 0 Å². The maximum Gasteiger partial charge on any atom is 0.254 e. The molecule has 0 bridgehead atoms. The van der Waals surface area contributed by atoms with E-state index in [1.807, 2.05) is 14.1 Å². The van der Waals surface area contributed by atoms with E-state index in [1.54, 1.807) is 11.1 Å². The molecule has 2 saturated heterocycles. The third-order valence-electron chi connectivity index (χ3n) is 5.27. The molecule has 0 saturated carbocycles. The Labute approximate surface area is 172 Å². The summed E-state index contributed by atoms with van der Waals surface area (Å²) in [6, 6.07) is 0. The van der Waals surface area contributed by atoms with E-state index in [-0.39, 0.29) is 11.8 Å². The summed E-state index contributed by atoms with van der Waals surface area (Å²) < 4.78 is 30.6. The van der Waals surface area contributed by atoms with E-state index in [9.17, 15) is 13.2 Å². The van der Waals surface area contributed by atoms with Crippen molar-refractivity contribution in [3.63, 3.8) is 0 Å². The van der Waals surface area contributed by atoms with Crippen molar-refractivity contribution < 1.29 is 17.9 Å². The number of ether oxygens (including phenoxy) is 1. The van der Waals surface area contributed by atoms with Crippen LogP contribution in [0, 0.1) is 0 Å². The lowest BCUT2D eigenvalue weighted by Gasteiger charge is -2.26. The lowest BCUT2D eigenvalue weighted by atomic mass is 10.00. The van der Waals surface area contributed by atoms with Crippen molar-refractivity contribution in [2.75, 3.05) is 77.7 Å². The summed E-state index contributed by atoms with van der Waals surface area (Å²) in [6.45, 7) is 5.21. The number of nitrogens with one attached hydrogen (secondary N) is 1. The average Bonchev–Trinajstić information content (AvgIpc) is 3.19. The van der Waals surface area contributed by atoms with Crippen LogP contribution in [0.25, 0.3) is 0 Å². The van der Waals surface area contributed by atoms with Gasteiger partial charge in [0.05, 0.1) is 30.7 Å². The van der Waals surface area contributed by atoms with Gasteiger partial charge in [-0.15, -0.1) is 0 Å². The van der Waals surface area contributed by atoms with Crippen molar-refractivity contribution in [2.45, 2.75) is 12.3 Å². The van der Waals surface area contributed by atoms with Crippen LogP contribution in [0.4, 0.5) is 5.95 Å². The summed E-state index contributed by atoms with van der Waals surface area (Å²) in [4.78, 5) is 25.7. The highest BCUT2D eigenvalue weighted by Crippen LogP contribution is 2.30. The number of hydrogen-bond acceptors (Lipinski definition) is 8. The Bertz CT molecular complexity index is 826. The SMILES string of the molecule is CN(C)c1ncc(C(=O)NCCN2CCOCC2)c(C2CCN(S(C)(=O)=O)C2)n1. The molecular weight excluding hydrogens is 396 g/mol. The van der Waals surface area contributed by atoms with Crippen molar-refractivity contribution in [3.8, 4) is 0 Å². The minimum absolute atomic E-state index is 0.133. The minimum atomic E-state index is -3.27. The second-order valence-corrected chi connectivity index (χ2v) is 9.66. The fourth-order valence-corrected chi connectivity index (χ4v) is 4.47. The Hall–Kier alpha value is -1.82. The number of amides is 1. The first-order valence-electron chi connectivity index (χ1n) is 9.83. The number of morpholine rings is 1. The number of sulfonamides is 1. The van der Waals surface area contributed by atoms with E-state index in [0.29, 0.717) is 43.3 Å². The van der Waals surface area contributed by atoms with Gasteiger partial charge in [0.1, 0.15) is 0 Å². The van der Waals surface area contributed by atoms with Crippen molar-refractivity contribution in [2.24, 2.45) is 0 Å². The van der Waals surface area contributed by atoms with Gasteiger partial charge in [-0.1, -0.05) is 0 Å². The highest BCUT2D eigenvalue weighted by Gasteiger charge is 2.33. The van der Waals surface area contributed by atoms with Crippen LogP contribution in [0.2, 0.25) is 0 Å². The lowest BCUT2D eigenvalue weighted by Crippen LogP contribution is -2.41. The van der Waals surface area contributed by atoms with Crippen LogP contribution in [0.3, 0.4) is 0 Å². The van der Waals surface area contributed by atoms with Crippen LogP contribution >= 0.6 is 0 Å². The van der Waals surface area contributed by atoms with Gasteiger partial charge in [-0.05, 0) is 6.42 Å². The van der Waals surface area contributed by atoms with Gasteiger partial charge in [0.2, 0.25) is 16.0 Å². The van der Waals surface area contributed by atoms with Crippen LogP contribution in [0.15, 0.2) is 6.20 Å². The number of rotatable bonds is 7. The zero-order valence-electron chi connectivity index (χ0n) is 17.3. The summed E-state index contributed by atoms with van der Waals surface area (Å²) in [5, 5.41) is 2.95. The van der Waals surface area contributed by atoms with E-state index >= 15 is 0 Å². The van der Waals surface area contributed by atoms with Gasteiger partial charge in [0.25, 0.3) is 5.91 Å². The van der Waals surface area contributed by atoms with Gasteiger partial charge >= 0.3 is 0 Å². The van der Waals surface area contributed by atoms with Gasteiger partial charge in [-0.2, -0.15) is 0 Å². The van der Waals surface area contributed by atoms with E-state index in [1.165, 1.54) is 10.6 Å². The smallest absolute Gasteiger partial charge is 0.254 e. The fraction of sp³-hybridized carbons (Fsp3) is 0.722. The molecule has 2 fully saturated rings. The molecule has 2 aliphatic heterocycles. The van der Waals surface area contributed by atoms with Gasteiger partial charge in [0.15, 0.2) is 0 Å². The average molecular weight is 427 g/mol. The number of carbonyl (C=O) groups excluding carboxylic acids is 1. The number of nitrogens with zero attached hydrogens (tertiary/aromatic N) is 5. The van der Waals surface area contributed by atoms with Crippen LogP contribution in [-0.4, -0.2) is 106 Å². The number of carbonyl (C=O) groups is 1. The number of anilines is 1. The summed E-state index contributed by atoms with van der Waals surface area (Å²) >= 11 is 0. The molecule has 1 aromatic heterocycles. The van der Waals surface area contributed by atoms with Crippen molar-refractivity contribution in [1.82, 2.24) is 24.5 Å². The van der Waals surface area contributed by atoms with E-state index in [4.69, 9.17) is 4.74 Å². The first-order valence-corrected chi connectivity index (χ1v) is 11.7. The molecule has 0 aliphatic carbocycles. The molecule has 1 atom stereocenters. The monoisotopic (exact) mass is 426 g/mol. The molecule has 0 aromatic carbocycles. The largest absolute Gasteiger partial charge is 0.379 e. The zero-order chi connectivity index (χ0) is 21.0. The molecule has 1 unspecified atom stereocenters. The third kappa shape index (κ3) is 5.62. The van der Waals surface area contributed by atoms with Crippen LogP contribution in [0.5, 0.6) is 0 Å². The summed E-state index contributed by atoms with van der Waals surface area (Å²) in [5.41, 5.74) is 1.02. The molecule has 1 aromatic rings. The van der Waals surface area contributed by atoms with E-state index in [0.717, 1.165) is 32.8 Å². The Balaban J connectivity index is 1.72. The molecule has 1 amide bonds. The molecule has 0 radical (unpaired) electrons. The highest BCUT2D eigenvalue weighted by atomic mass is 32.2. The van der Waals surface area contributed by atoms with Crippen LogP contribution < -0.4 is 10.2 Å². The molecule has 2 aliphatic rings. The quantitative estimate of drug-likeness (QED) is 0.613. The zero-order valence-corrected chi connectivity index (χ0v) is 18.1. The van der Waals surface area contributed by atoms with Crippen molar-refractivity contribution in [3.05, 3.63) is 17.5 Å². The first-order chi connectivity index (χ1) is 13.8. The Morgan fingerprint density at radius 2 is 2.03 bits per heavy atom. The Morgan fingerprint density at radius 1 is 1.31 bits per heavy atom. The maximum atomic E-state index is 12.8. The second kappa shape index (κ2) is 9.33. The standard InChI is InChI=1S/C18H30N6O4S/c1-22(2)18-20-12-15(17(25)19-5-7-23-8-10-28-11-9-23)16(21-18)14-4-6-24(13-14)29(3,26)27/h12,14H,4-11,13H2,1-3H3,(H,19,25). The number of hydrogen-bond donors (Lipinski definition) is 1. The topological polar surface area (TPSA) is 108 Å². The summed E-state index contributed by atoms with van der Waals surface area (Å²) in [7, 11) is 0.398. The second-order valence-electron chi connectivity index (χ2n) is 7.68. The predicted octanol–water partition coefficient (Wildman–Crippen LogP) is -0.646. The summed E-state index contributed by atoms with van der Waals surface area (Å²) in [5.74, 6) is 0.144. The van der Waals surface area contributed by atoms with Crippen LogP contribution in [-0.2, 0) is 14.8 Å². The predicted molar refractivity (Wildman–Crippen MR) is 110 cm³/mol. The van der Waals surface area contributed by atoms with Gasteiger partial charge < -0.3 is 15.0 Å². The first kappa shape index (κ1) is 21.9. The van der Waals surface area contributed by atoms with Gasteiger partial charge in [-0.25, -0.2) is 22.7 Å². The molecule has 162 valence electrons. The minimum Gasteiger partial charge on any atom is -0.379 e. The van der Waals surface area contributed by atoms with Crippen molar-refractivity contribution >= 4 is 21.9 Å². The van der Waals surface area contributed by atoms with Gasteiger partial charge in [0, 0.05) is 65.5 Å². The normalized spacial score (nSPS) is 21.3. The Kier molecular flexibility index (Phi) is 7.04. The Morgan fingerprint density at radius 3 is 2.66 bits per heavy atom. The molecule has 10 nitrogen and oxygen atoms in total. The molecule has 0 spiro atoms. The molecular formula is C18H30N6O4S. The van der Waals surface area contributed by atoms with E-state index < -0.39 is 10.0 Å². The molecule has 29 heavy (non-hydrogen) atoms. The molecule has 3 rings (SSSR count). The third-order valence-corrected chi connectivity index (χ3v) is 6.54. The summed E-state index contributed by atoms with van der Waals surface area (Å²) in [6.07, 6.45) is 3.38. The van der Waals surface area contributed by atoms with Gasteiger partial charge in [-0.3, -0.25) is 9.69 Å². The fourth-order valence-electron chi connectivity index (χ4n) is 3.59.